The number of aromatic amines is 1. The average Bonchev–Trinajstić information content (AvgIpc) is 2.61. The Morgan fingerprint density at radius 2 is 2.36 bits per heavy atom. The van der Waals surface area contributed by atoms with E-state index in [4.69, 9.17) is 5.26 Å². The Kier molecular flexibility index (Phi) is 2.29. The van der Waals surface area contributed by atoms with E-state index in [1.807, 2.05) is 18.2 Å². The number of nitrogens with zero attached hydrogens (tertiary/aromatic N) is 3. The molecule has 5 heteroatoms. The number of imidazole rings is 1. The van der Waals surface area contributed by atoms with Gasteiger partial charge in [-0.1, -0.05) is 0 Å². The number of rotatable bonds is 1. The lowest BCUT2D eigenvalue weighted by Gasteiger charge is -1.92. The lowest BCUT2D eigenvalue weighted by Crippen LogP contribution is -1.81. The summed E-state index contributed by atoms with van der Waals surface area (Å²) in [6.07, 6.45) is 3.37. The van der Waals surface area contributed by atoms with E-state index in [0.29, 0.717) is 16.1 Å². The highest BCUT2D eigenvalue weighted by Gasteiger charge is 2.08. The molecule has 2 aromatic rings. The monoisotopic (exact) mass is 248 g/mol. The van der Waals surface area contributed by atoms with Gasteiger partial charge in [-0.15, -0.1) is 0 Å². The molecule has 2 heterocycles. The predicted molar refractivity (Wildman–Crippen MR) is 54.2 cm³/mol. The van der Waals surface area contributed by atoms with Crippen molar-refractivity contribution in [2.24, 2.45) is 0 Å². The summed E-state index contributed by atoms with van der Waals surface area (Å²) in [7, 11) is 0. The molecule has 2 aromatic heterocycles. The second-order valence-corrected chi connectivity index (χ2v) is 3.39. The first-order valence-corrected chi connectivity index (χ1v) is 4.66. The molecule has 0 fully saturated rings. The Morgan fingerprint density at radius 3 is 2.93 bits per heavy atom. The zero-order valence-electron chi connectivity index (χ0n) is 7.03. The standard InChI is InChI=1S/C9H5BrN4/c10-8-7(4-11)13-9(14-8)6-2-1-3-12-5-6/h1-3,5H,(H,13,14). The number of nitrogens with one attached hydrogen (secondary N) is 1. The van der Waals surface area contributed by atoms with Gasteiger partial charge in [0.1, 0.15) is 16.5 Å². The molecule has 4 nitrogen and oxygen atoms in total. The highest BCUT2D eigenvalue weighted by atomic mass is 79.9. The fourth-order valence-electron chi connectivity index (χ4n) is 1.07. The predicted octanol–water partition coefficient (Wildman–Crippen LogP) is 2.11. The molecule has 0 spiro atoms. The molecular weight excluding hydrogens is 244 g/mol. The molecule has 0 saturated heterocycles. The van der Waals surface area contributed by atoms with Gasteiger partial charge >= 0.3 is 0 Å². The van der Waals surface area contributed by atoms with Crippen LogP contribution in [0.15, 0.2) is 29.1 Å². The molecule has 0 bridgehead atoms. The van der Waals surface area contributed by atoms with Crippen molar-refractivity contribution in [2.75, 3.05) is 0 Å². The zero-order chi connectivity index (χ0) is 9.97. The third-order valence-corrected chi connectivity index (χ3v) is 2.27. The Bertz CT molecular complexity index is 483. The van der Waals surface area contributed by atoms with Crippen LogP contribution in [0, 0.1) is 11.3 Å². The largest absolute Gasteiger partial charge is 0.331 e. The van der Waals surface area contributed by atoms with E-state index in [0.717, 1.165) is 5.56 Å². The van der Waals surface area contributed by atoms with Gasteiger partial charge in [-0.3, -0.25) is 4.98 Å². The van der Waals surface area contributed by atoms with Crippen LogP contribution in [0.1, 0.15) is 5.69 Å². The van der Waals surface area contributed by atoms with Crippen molar-refractivity contribution < 1.29 is 0 Å². The molecule has 0 aliphatic rings. The van der Waals surface area contributed by atoms with Gasteiger partial charge in [0.2, 0.25) is 0 Å². The third kappa shape index (κ3) is 1.52. The summed E-state index contributed by atoms with van der Waals surface area (Å²) >= 11 is 3.21. The third-order valence-electron chi connectivity index (χ3n) is 1.70. The summed E-state index contributed by atoms with van der Waals surface area (Å²) in [6.45, 7) is 0. The van der Waals surface area contributed by atoms with Crippen molar-refractivity contribution in [2.45, 2.75) is 0 Å². The van der Waals surface area contributed by atoms with Crippen molar-refractivity contribution in [1.82, 2.24) is 15.0 Å². The maximum atomic E-state index is 8.70. The van der Waals surface area contributed by atoms with E-state index in [2.05, 4.69) is 30.9 Å². The van der Waals surface area contributed by atoms with Gasteiger partial charge < -0.3 is 4.98 Å². The Hall–Kier alpha value is -1.67. The van der Waals surface area contributed by atoms with E-state index < -0.39 is 0 Å². The molecule has 0 aromatic carbocycles. The van der Waals surface area contributed by atoms with Crippen LogP contribution in [0.4, 0.5) is 0 Å². The van der Waals surface area contributed by atoms with Gasteiger partial charge in [0, 0.05) is 18.0 Å². The quantitative estimate of drug-likeness (QED) is 0.841. The van der Waals surface area contributed by atoms with Gasteiger partial charge in [-0.05, 0) is 28.1 Å². The first-order chi connectivity index (χ1) is 6.81. The summed E-state index contributed by atoms with van der Waals surface area (Å²) in [6, 6.07) is 5.67. The number of hydrogen-bond acceptors (Lipinski definition) is 3. The van der Waals surface area contributed by atoms with Crippen LogP contribution in [0.2, 0.25) is 0 Å². The molecule has 0 saturated carbocycles. The maximum absolute atomic E-state index is 8.70. The normalized spacial score (nSPS) is 9.71. The van der Waals surface area contributed by atoms with Crippen molar-refractivity contribution in [3.8, 4) is 17.5 Å². The van der Waals surface area contributed by atoms with Crippen molar-refractivity contribution >= 4 is 15.9 Å². The molecule has 2 rings (SSSR count). The van der Waals surface area contributed by atoms with Gasteiger partial charge in [0.05, 0.1) is 0 Å². The molecule has 14 heavy (non-hydrogen) atoms. The van der Waals surface area contributed by atoms with Gasteiger partial charge in [-0.2, -0.15) is 5.26 Å². The van der Waals surface area contributed by atoms with Crippen molar-refractivity contribution in [3.63, 3.8) is 0 Å². The van der Waals surface area contributed by atoms with Gasteiger partial charge in [0.25, 0.3) is 0 Å². The molecule has 0 aliphatic carbocycles. The van der Waals surface area contributed by atoms with Crippen molar-refractivity contribution in [1.29, 1.82) is 5.26 Å². The fourth-order valence-corrected chi connectivity index (χ4v) is 1.43. The number of halogens is 1. The fraction of sp³-hybridized carbons (Fsp3) is 0. The first-order valence-electron chi connectivity index (χ1n) is 3.87. The maximum Gasteiger partial charge on any atom is 0.173 e. The van der Waals surface area contributed by atoms with Gasteiger partial charge in [0.15, 0.2) is 5.69 Å². The number of nitriles is 1. The smallest absolute Gasteiger partial charge is 0.173 e. The van der Waals surface area contributed by atoms with Crippen LogP contribution in [-0.2, 0) is 0 Å². The highest BCUT2D eigenvalue weighted by Crippen LogP contribution is 2.19. The molecule has 0 atom stereocenters. The van der Waals surface area contributed by atoms with Crippen LogP contribution >= 0.6 is 15.9 Å². The Balaban J connectivity index is 2.50. The lowest BCUT2D eigenvalue weighted by atomic mass is 10.3. The average molecular weight is 249 g/mol. The van der Waals surface area contributed by atoms with E-state index in [9.17, 15) is 0 Å². The van der Waals surface area contributed by atoms with Crippen LogP contribution in [0.25, 0.3) is 11.4 Å². The van der Waals surface area contributed by atoms with Gasteiger partial charge in [-0.25, -0.2) is 4.98 Å². The molecule has 0 amide bonds. The Labute approximate surface area is 88.8 Å². The SMILES string of the molecule is N#Cc1nc(-c2cccnc2)[nH]c1Br. The summed E-state index contributed by atoms with van der Waals surface area (Å²) in [5.41, 5.74) is 1.21. The zero-order valence-corrected chi connectivity index (χ0v) is 8.62. The molecule has 68 valence electrons. The summed E-state index contributed by atoms with van der Waals surface area (Å²) < 4.78 is 0.596. The summed E-state index contributed by atoms with van der Waals surface area (Å²) in [4.78, 5) is 11.0. The molecule has 1 N–H and O–H groups in total. The van der Waals surface area contributed by atoms with Crippen LogP contribution in [0.5, 0.6) is 0 Å². The molecule has 0 radical (unpaired) electrons. The highest BCUT2D eigenvalue weighted by molar-refractivity contribution is 9.10. The summed E-state index contributed by atoms with van der Waals surface area (Å²) in [5, 5.41) is 8.70. The van der Waals surface area contributed by atoms with E-state index >= 15 is 0 Å². The topological polar surface area (TPSA) is 65.4 Å². The van der Waals surface area contributed by atoms with E-state index in [1.165, 1.54) is 0 Å². The van der Waals surface area contributed by atoms with E-state index in [-0.39, 0.29) is 0 Å². The second kappa shape index (κ2) is 3.60. The number of pyridine rings is 1. The number of hydrogen-bond donors (Lipinski definition) is 1. The summed E-state index contributed by atoms with van der Waals surface area (Å²) in [5.74, 6) is 0.640. The minimum Gasteiger partial charge on any atom is -0.331 e. The lowest BCUT2D eigenvalue weighted by molar-refractivity contribution is 1.25. The van der Waals surface area contributed by atoms with Crippen LogP contribution in [-0.4, -0.2) is 15.0 Å². The molecule has 0 unspecified atom stereocenters. The first kappa shape index (κ1) is 8.91. The molecule has 0 aliphatic heterocycles. The van der Waals surface area contributed by atoms with Crippen LogP contribution in [0.3, 0.4) is 0 Å². The van der Waals surface area contributed by atoms with Crippen LogP contribution < -0.4 is 0 Å². The minimum atomic E-state index is 0.351. The van der Waals surface area contributed by atoms with E-state index in [1.54, 1.807) is 12.4 Å². The minimum absolute atomic E-state index is 0.351. The second-order valence-electron chi connectivity index (χ2n) is 2.60. The van der Waals surface area contributed by atoms with Crippen molar-refractivity contribution in [3.05, 3.63) is 34.8 Å². The number of H-pyrrole nitrogens is 1. The molecular formula is C9H5BrN4. The Morgan fingerprint density at radius 1 is 1.50 bits per heavy atom. The number of aromatic nitrogens is 3.